The van der Waals surface area contributed by atoms with Crippen LogP contribution in [0.3, 0.4) is 0 Å². The number of nitrogens with zero attached hydrogens (tertiary/aromatic N) is 3. The third-order valence-electron chi connectivity index (χ3n) is 3.08. The summed E-state index contributed by atoms with van der Waals surface area (Å²) in [7, 11) is 0. The van der Waals surface area contributed by atoms with Crippen LogP contribution in [0.2, 0.25) is 0 Å². The zero-order chi connectivity index (χ0) is 13.8. The van der Waals surface area contributed by atoms with Crippen molar-refractivity contribution in [2.24, 2.45) is 0 Å². The van der Waals surface area contributed by atoms with Crippen molar-refractivity contribution in [3.8, 4) is 0 Å². The maximum atomic E-state index is 10.3. The lowest BCUT2D eigenvalue weighted by Gasteiger charge is -2.12. The van der Waals surface area contributed by atoms with Gasteiger partial charge in [-0.15, -0.1) is 0 Å². The van der Waals surface area contributed by atoms with Crippen LogP contribution in [0.25, 0.3) is 0 Å². The second-order valence-electron chi connectivity index (χ2n) is 4.39. The van der Waals surface area contributed by atoms with Crippen molar-refractivity contribution in [3.05, 3.63) is 46.0 Å². The number of aromatic nitrogens is 3. The highest BCUT2D eigenvalue weighted by molar-refractivity contribution is 9.10. The van der Waals surface area contributed by atoms with E-state index in [1.165, 1.54) is 0 Å². The molecule has 1 unspecified atom stereocenters. The van der Waals surface area contributed by atoms with Crippen molar-refractivity contribution < 1.29 is 5.11 Å². The summed E-state index contributed by atoms with van der Waals surface area (Å²) in [4.78, 5) is 4.23. The quantitative estimate of drug-likeness (QED) is 0.920. The average molecular weight is 324 g/mol. The number of halogens is 1. The SMILES string of the molecule is CCc1cc(CC(O)c2ncccc2Br)n(CC)n1. The first-order valence-electron chi connectivity index (χ1n) is 6.49. The molecule has 0 fully saturated rings. The van der Waals surface area contributed by atoms with Crippen LogP contribution >= 0.6 is 15.9 Å². The maximum absolute atomic E-state index is 10.3. The van der Waals surface area contributed by atoms with Gasteiger partial charge in [-0.2, -0.15) is 5.10 Å². The number of hydrogen-bond donors (Lipinski definition) is 1. The lowest BCUT2D eigenvalue weighted by atomic mass is 10.1. The van der Waals surface area contributed by atoms with Crippen molar-refractivity contribution in [2.45, 2.75) is 39.3 Å². The van der Waals surface area contributed by atoms with Gasteiger partial charge in [-0.3, -0.25) is 9.67 Å². The summed E-state index contributed by atoms with van der Waals surface area (Å²) in [5.41, 5.74) is 2.78. The van der Waals surface area contributed by atoms with Crippen LogP contribution in [0.15, 0.2) is 28.9 Å². The van der Waals surface area contributed by atoms with E-state index in [1.54, 1.807) is 6.20 Å². The molecular formula is C14H18BrN3O. The number of aliphatic hydroxyl groups is 1. The van der Waals surface area contributed by atoms with Gasteiger partial charge in [-0.05, 0) is 47.5 Å². The van der Waals surface area contributed by atoms with Crippen molar-refractivity contribution in [1.29, 1.82) is 0 Å². The monoisotopic (exact) mass is 323 g/mol. The molecule has 5 heteroatoms. The maximum Gasteiger partial charge on any atom is 0.103 e. The van der Waals surface area contributed by atoms with E-state index in [0.29, 0.717) is 12.1 Å². The van der Waals surface area contributed by atoms with E-state index >= 15 is 0 Å². The van der Waals surface area contributed by atoms with E-state index in [0.717, 1.165) is 28.8 Å². The molecule has 0 aromatic carbocycles. The first-order valence-corrected chi connectivity index (χ1v) is 7.29. The second-order valence-corrected chi connectivity index (χ2v) is 5.24. The fourth-order valence-corrected chi connectivity index (χ4v) is 2.58. The van der Waals surface area contributed by atoms with Crippen molar-refractivity contribution in [3.63, 3.8) is 0 Å². The lowest BCUT2D eigenvalue weighted by Crippen LogP contribution is -2.10. The normalized spacial score (nSPS) is 12.6. The second kappa shape index (κ2) is 6.30. The molecule has 4 nitrogen and oxygen atoms in total. The van der Waals surface area contributed by atoms with E-state index in [-0.39, 0.29) is 0 Å². The molecule has 0 aliphatic carbocycles. The predicted molar refractivity (Wildman–Crippen MR) is 77.9 cm³/mol. The van der Waals surface area contributed by atoms with Gasteiger partial charge < -0.3 is 5.11 Å². The molecule has 2 aromatic rings. The number of aliphatic hydroxyl groups excluding tert-OH is 1. The molecule has 2 heterocycles. The summed E-state index contributed by atoms with van der Waals surface area (Å²) in [5.74, 6) is 0. The van der Waals surface area contributed by atoms with Crippen molar-refractivity contribution >= 4 is 15.9 Å². The van der Waals surface area contributed by atoms with Gasteiger partial charge >= 0.3 is 0 Å². The Bertz CT molecular complexity index is 553. The molecule has 0 bridgehead atoms. The Morgan fingerprint density at radius 1 is 1.42 bits per heavy atom. The topological polar surface area (TPSA) is 50.9 Å². The summed E-state index contributed by atoms with van der Waals surface area (Å²) in [6.45, 7) is 4.95. The standard InChI is InChI=1S/C14H18BrN3O/c1-3-10-8-11(18(4-2)17-10)9-13(19)14-12(15)6-5-7-16-14/h5-8,13,19H,3-4,9H2,1-2H3. The number of pyridine rings is 1. The molecule has 0 aliphatic heterocycles. The van der Waals surface area contributed by atoms with E-state index in [1.807, 2.05) is 16.8 Å². The minimum absolute atomic E-state index is 0.524. The van der Waals surface area contributed by atoms with Crippen LogP contribution in [-0.2, 0) is 19.4 Å². The molecule has 102 valence electrons. The third-order valence-corrected chi connectivity index (χ3v) is 3.75. The zero-order valence-corrected chi connectivity index (χ0v) is 12.8. The first-order chi connectivity index (χ1) is 9.15. The number of rotatable bonds is 5. The molecule has 1 N–H and O–H groups in total. The smallest absolute Gasteiger partial charge is 0.103 e. The van der Waals surface area contributed by atoms with Gasteiger partial charge in [0.2, 0.25) is 0 Å². The molecule has 1 atom stereocenters. The van der Waals surface area contributed by atoms with Gasteiger partial charge in [0.15, 0.2) is 0 Å². The van der Waals surface area contributed by atoms with Crippen LogP contribution < -0.4 is 0 Å². The fraction of sp³-hybridized carbons (Fsp3) is 0.429. The lowest BCUT2D eigenvalue weighted by molar-refractivity contribution is 0.170. The van der Waals surface area contributed by atoms with E-state index in [4.69, 9.17) is 0 Å². The number of aryl methyl sites for hydroxylation is 2. The molecule has 0 aliphatic rings. The van der Waals surface area contributed by atoms with Gasteiger partial charge in [0.05, 0.1) is 11.4 Å². The minimum Gasteiger partial charge on any atom is -0.386 e. The van der Waals surface area contributed by atoms with Crippen LogP contribution in [0.4, 0.5) is 0 Å². The van der Waals surface area contributed by atoms with E-state index in [2.05, 4.69) is 45.9 Å². The highest BCUT2D eigenvalue weighted by Gasteiger charge is 2.16. The Hall–Kier alpha value is -1.20. The third kappa shape index (κ3) is 3.22. The molecule has 0 saturated heterocycles. The highest BCUT2D eigenvalue weighted by atomic mass is 79.9. The summed E-state index contributed by atoms with van der Waals surface area (Å²) in [5, 5.41) is 14.8. The van der Waals surface area contributed by atoms with Crippen LogP contribution in [0.5, 0.6) is 0 Å². The fourth-order valence-electron chi connectivity index (χ4n) is 2.06. The van der Waals surface area contributed by atoms with Crippen LogP contribution in [0, 0.1) is 0 Å². The largest absolute Gasteiger partial charge is 0.386 e. The van der Waals surface area contributed by atoms with Gasteiger partial charge in [0, 0.05) is 29.3 Å². The van der Waals surface area contributed by atoms with Crippen LogP contribution in [-0.4, -0.2) is 19.9 Å². The zero-order valence-electron chi connectivity index (χ0n) is 11.2. The highest BCUT2D eigenvalue weighted by Crippen LogP contribution is 2.24. The Kier molecular flexibility index (Phi) is 4.71. The van der Waals surface area contributed by atoms with E-state index in [9.17, 15) is 5.11 Å². The molecule has 0 spiro atoms. The van der Waals surface area contributed by atoms with E-state index < -0.39 is 6.10 Å². The Morgan fingerprint density at radius 2 is 2.21 bits per heavy atom. The minimum atomic E-state index is -0.623. The summed E-state index contributed by atoms with van der Waals surface area (Å²) in [6.07, 6.45) is 2.50. The van der Waals surface area contributed by atoms with Gasteiger partial charge in [0.1, 0.15) is 6.10 Å². The Labute approximate surface area is 121 Å². The Balaban J connectivity index is 2.21. The summed E-state index contributed by atoms with van der Waals surface area (Å²) < 4.78 is 2.78. The number of hydrogen-bond acceptors (Lipinski definition) is 3. The van der Waals surface area contributed by atoms with Crippen LogP contribution in [0.1, 0.15) is 37.0 Å². The van der Waals surface area contributed by atoms with Crippen molar-refractivity contribution in [2.75, 3.05) is 0 Å². The van der Waals surface area contributed by atoms with Gasteiger partial charge in [0.25, 0.3) is 0 Å². The molecular weight excluding hydrogens is 306 g/mol. The predicted octanol–water partition coefficient (Wildman–Crippen LogP) is 2.90. The molecule has 0 saturated carbocycles. The molecule has 2 aromatic heterocycles. The summed E-state index contributed by atoms with van der Waals surface area (Å²) in [6, 6.07) is 5.79. The van der Waals surface area contributed by atoms with Gasteiger partial charge in [-0.25, -0.2) is 0 Å². The molecule has 0 amide bonds. The first kappa shape index (κ1) is 14.2. The van der Waals surface area contributed by atoms with Crippen molar-refractivity contribution in [1.82, 2.24) is 14.8 Å². The molecule has 0 radical (unpaired) electrons. The molecule has 19 heavy (non-hydrogen) atoms. The average Bonchev–Trinajstić information content (AvgIpc) is 2.81. The summed E-state index contributed by atoms with van der Waals surface area (Å²) >= 11 is 3.42. The Morgan fingerprint density at radius 3 is 2.84 bits per heavy atom. The molecule has 2 rings (SSSR count). The van der Waals surface area contributed by atoms with Gasteiger partial charge in [-0.1, -0.05) is 6.92 Å².